The van der Waals surface area contributed by atoms with Crippen LogP contribution < -0.4 is 10.6 Å². The average Bonchev–Trinajstić information content (AvgIpc) is 3.21. The predicted molar refractivity (Wildman–Crippen MR) is 99.6 cm³/mol. The van der Waals surface area contributed by atoms with Crippen molar-refractivity contribution in [1.29, 1.82) is 0 Å². The molecular formula is C19H20ClN3O4. The number of carbonyl (C=O) groups is 3. The van der Waals surface area contributed by atoms with Gasteiger partial charge < -0.3 is 20.0 Å². The maximum atomic E-state index is 12.2. The first-order chi connectivity index (χ1) is 13.0. The van der Waals surface area contributed by atoms with Gasteiger partial charge in [0.2, 0.25) is 5.91 Å². The maximum absolute atomic E-state index is 12.2. The van der Waals surface area contributed by atoms with Crippen molar-refractivity contribution < 1.29 is 18.8 Å². The number of furan rings is 1. The summed E-state index contributed by atoms with van der Waals surface area (Å²) < 4.78 is 4.94. The molecule has 3 rings (SSSR count). The fourth-order valence-corrected chi connectivity index (χ4v) is 3.20. The molecule has 1 fully saturated rings. The summed E-state index contributed by atoms with van der Waals surface area (Å²) in [5, 5.41) is 5.79. The molecule has 1 aliphatic rings. The predicted octanol–water partition coefficient (Wildman–Crippen LogP) is 2.08. The molecule has 0 saturated carbocycles. The van der Waals surface area contributed by atoms with Crippen LogP contribution in [0.15, 0.2) is 47.3 Å². The van der Waals surface area contributed by atoms with Gasteiger partial charge in [-0.3, -0.25) is 14.4 Å². The Kier molecular flexibility index (Phi) is 6.13. The third-order valence-electron chi connectivity index (χ3n) is 4.44. The van der Waals surface area contributed by atoms with Crippen LogP contribution in [0.25, 0.3) is 0 Å². The number of carbonyl (C=O) groups excluding carboxylic acids is 3. The normalized spacial score (nSPS) is 14.6. The lowest BCUT2D eigenvalue weighted by Gasteiger charge is -2.32. The second-order valence-electron chi connectivity index (χ2n) is 6.31. The fraction of sp³-hybridized carbons (Fsp3) is 0.316. The number of halogens is 1. The summed E-state index contributed by atoms with van der Waals surface area (Å²) >= 11 is 5.97. The Bertz CT molecular complexity index is 814. The molecule has 0 aliphatic carbocycles. The molecular weight excluding hydrogens is 370 g/mol. The first-order valence-electron chi connectivity index (χ1n) is 8.68. The van der Waals surface area contributed by atoms with Crippen LogP contribution in [0, 0.1) is 0 Å². The minimum atomic E-state index is -0.392. The monoisotopic (exact) mass is 389 g/mol. The minimum absolute atomic E-state index is 0.0249. The SMILES string of the molecule is O=C(CNC(=O)c1ccccc1Cl)NC1CCN(C(=O)c2ccoc2)CC1. The van der Waals surface area contributed by atoms with Crippen molar-refractivity contribution in [2.45, 2.75) is 18.9 Å². The Labute approximate surface area is 161 Å². The highest BCUT2D eigenvalue weighted by Gasteiger charge is 2.25. The number of hydrogen-bond acceptors (Lipinski definition) is 4. The van der Waals surface area contributed by atoms with Crippen molar-refractivity contribution in [3.63, 3.8) is 0 Å². The molecule has 1 aromatic carbocycles. The van der Waals surface area contributed by atoms with Crippen LogP contribution in [0.4, 0.5) is 0 Å². The molecule has 1 aliphatic heterocycles. The highest BCUT2D eigenvalue weighted by atomic mass is 35.5. The van der Waals surface area contributed by atoms with Gasteiger partial charge in [-0.2, -0.15) is 0 Å². The quantitative estimate of drug-likeness (QED) is 0.819. The zero-order chi connectivity index (χ0) is 19.2. The average molecular weight is 390 g/mol. The molecule has 27 heavy (non-hydrogen) atoms. The summed E-state index contributed by atoms with van der Waals surface area (Å²) in [5.74, 6) is -0.730. The van der Waals surface area contributed by atoms with Crippen LogP contribution in [0.2, 0.25) is 5.02 Å². The lowest BCUT2D eigenvalue weighted by Crippen LogP contribution is -2.48. The van der Waals surface area contributed by atoms with Gasteiger partial charge in [0.25, 0.3) is 11.8 Å². The summed E-state index contributed by atoms with van der Waals surface area (Å²) in [4.78, 5) is 38.1. The zero-order valence-corrected chi connectivity index (χ0v) is 15.4. The number of nitrogens with one attached hydrogen (secondary N) is 2. The van der Waals surface area contributed by atoms with E-state index in [1.807, 2.05) is 0 Å². The van der Waals surface area contributed by atoms with Crippen molar-refractivity contribution in [2.75, 3.05) is 19.6 Å². The largest absolute Gasteiger partial charge is 0.472 e. The fourth-order valence-electron chi connectivity index (χ4n) is 2.98. The van der Waals surface area contributed by atoms with Crippen LogP contribution in [0.1, 0.15) is 33.6 Å². The second kappa shape index (κ2) is 8.73. The summed E-state index contributed by atoms with van der Waals surface area (Å²) in [6, 6.07) is 8.27. The smallest absolute Gasteiger partial charge is 0.257 e. The maximum Gasteiger partial charge on any atom is 0.257 e. The van der Waals surface area contributed by atoms with E-state index in [9.17, 15) is 14.4 Å². The molecule has 0 bridgehead atoms. The van der Waals surface area contributed by atoms with Gasteiger partial charge in [-0.1, -0.05) is 23.7 Å². The Hall–Kier alpha value is -2.80. The van der Waals surface area contributed by atoms with E-state index in [0.29, 0.717) is 42.1 Å². The molecule has 2 heterocycles. The Morgan fingerprint density at radius 2 is 1.89 bits per heavy atom. The van der Waals surface area contributed by atoms with Gasteiger partial charge >= 0.3 is 0 Å². The van der Waals surface area contributed by atoms with E-state index in [2.05, 4.69) is 10.6 Å². The first kappa shape index (κ1) is 19.0. The number of nitrogens with zero attached hydrogens (tertiary/aromatic N) is 1. The number of benzene rings is 1. The molecule has 3 amide bonds. The number of hydrogen-bond donors (Lipinski definition) is 2. The van der Waals surface area contributed by atoms with Crippen LogP contribution in [0.3, 0.4) is 0 Å². The second-order valence-corrected chi connectivity index (χ2v) is 6.72. The molecule has 1 aromatic heterocycles. The molecule has 2 N–H and O–H groups in total. The minimum Gasteiger partial charge on any atom is -0.472 e. The number of piperidine rings is 1. The van der Waals surface area contributed by atoms with Crippen molar-refractivity contribution >= 4 is 29.3 Å². The summed E-state index contributed by atoms with van der Waals surface area (Å²) in [6.45, 7) is 0.986. The summed E-state index contributed by atoms with van der Waals surface area (Å²) in [7, 11) is 0. The Morgan fingerprint density at radius 1 is 1.15 bits per heavy atom. The van der Waals surface area contributed by atoms with Crippen molar-refractivity contribution in [1.82, 2.24) is 15.5 Å². The summed E-state index contributed by atoms with van der Waals surface area (Å²) in [5.41, 5.74) is 0.859. The van der Waals surface area contributed by atoms with E-state index in [4.69, 9.17) is 16.0 Å². The van der Waals surface area contributed by atoms with Crippen LogP contribution in [0.5, 0.6) is 0 Å². The molecule has 8 heteroatoms. The van der Waals surface area contributed by atoms with Crippen LogP contribution >= 0.6 is 11.6 Å². The van der Waals surface area contributed by atoms with E-state index >= 15 is 0 Å². The van der Waals surface area contributed by atoms with E-state index in [1.165, 1.54) is 12.5 Å². The zero-order valence-electron chi connectivity index (χ0n) is 14.6. The highest BCUT2D eigenvalue weighted by molar-refractivity contribution is 6.33. The molecule has 0 radical (unpaired) electrons. The highest BCUT2D eigenvalue weighted by Crippen LogP contribution is 2.15. The van der Waals surface area contributed by atoms with Gasteiger partial charge in [-0.15, -0.1) is 0 Å². The summed E-state index contributed by atoms with van der Waals surface area (Å²) in [6.07, 6.45) is 4.22. The van der Waals surface area contributed by atoms with Gasteiger partial charge in [0, 0.05) is 19.1 Å². The standard InChI is InChI=1S/C19H20ClN3O4/c20-16-4-2-1-3-15(16)18(25)21-11-17(24)22-14-5-8-23(9-6-14)19(26)13-7-10-27-12-13/h1-4,7,10,12,14H,5-6,8-9,11H2,(H,21,25)(H,22,24). The molecule has 0 atom stereocenters. The Balaban J connectivity index is 1.41. The number of rotatable bonds is 5. The van der Waals surface area contributed by atoms with Gasteiger partial charge in [0.05, 0.1) is 29.0 Å². The third kappa shape index (κ3) is 4.89. The molecule has 142 valence electrons. The topological polar surface area (TPSA) is 91.7 Å². The number of amides is 3. The van der Waals surface area contributed by atoms with Crippen LogP contribution in [-0.2, 0) is 4.79 Å². The molecule has 2 aromatic rings. The molecule has 0 spiro atoms. The molecule has 1 saturated heterocycles. The number of likely N-dealkylation sites (tertiary alicyclic amines) is 1. The third-order valence-corrected chi connectivity index (χ3v) is 4.77. The van der Waals surface area contributed by atoms with Gasteiger partial charge in [-0.25, -0.2) is 0 Å². The first-order valence-corrected chi connectivity index (χ1v) is 9.06. The van der Waals surface area contributed by atoms with Gasteiger partial charge in [0.1, 0.15) is 6.26 Å². The van der Waals surface area contributed by atoms with Crippen molar-refractivity contribution in [2.24, 2.45) is 0 Å². The lowest BCUT2D eigenvalue weighted by molar-refractivity contribution is -0.121. The van der Waals surface area contributed by atoms with Gasteiger partial charge in [-0.05, 0) is 31.0 Å². The van der Waals surface area contributed by atoms with Crippen molar-refractivity contribution in [3.05, 3.63) is 59.0 Å². The van der Waals surface area contributed by atoms with E-state index in [0.717, 1.165) is 0 Å². The Morgan fingerprint density at radius 3 is 2.56 bits per heavy atom. The lowest BCUT2D eigenvalue weighted by atomic mass is 10.0. The van der Waals surface area contributed by atoms with Crippen LogP contribution in [-0.4, -0.2) is 48.3 Å². The van der Waals surface area contributed by atoms with Gasteiger partial charge in [0.15, 0.2) is 0 Å². The van der Waals surface area contributed by atoms with E-state index < -0.39 is 5.91 Å². The van der Waals surface area contributed by atoms with E-state index in [-0.39, 0.29) is 24.4 Å². The molecule has 0 unspecified atom stereocenters. The molecule has 7 nitrogen and oxygen atoms in total. The van der Waals surface area contributed by atoms with E-state index in [1.54, 1.807) is 35.2 Å². The van der Waals surface area contributed by atoms with Crippen molar-refractivity contribution in [3.8, 4) is 0 Å².